The minimum absolute atomic E-state index is 0. The van der Waals surface area contributed by atoms with Gasteiger partial charge in [-0.1, -0.05) is 25.8 Å². The molecule has 1 aromatic carbocycles. The fourth-order valence-electron chi connectivity index (χ4n) is 2.78. The van der Waals surface area contributed by atoms with Crippen molar-refractivity contribution in [2.75, 3.05) is 47.5 Å². The molecule has 0 amide bonds. The standard InChI is InChI=1S/C21H36NO8P.H2O/c1-5-6-7-12-27-18-10-8-11-19(15-18)28-13-9-14-29-31(25,26)30-20(16-21(23)24)17-22(2,3)4;/h8,10-11,15,20H,5-7,9,12-14,16-17H2,1-4H3,(H-,23,24,25,26);1H2/t20-;/m1./s1. The Labute approximate surface area is 190 Å². The zero-order chi connectivity index (χ0) is 23.3. The number of ether oxygens (including phenoxy) is 2. The van der Waals surface area contributed by atoms with Gasteiger partial charge in [0, 0.05) is 12.5 Å². The molecule has 0 fully saturated rings. The van der Waals surface area contributed by atoms with E-state index in [9.17, 15) is 14.3 Å². The van der Waals surface area contributed by atoms with Crippen LogP contribution in [0.5, 0.6) is 11.5 Å². The third-order valence-electron chi connectivity index (χ3n) is 4.07. The third kappa shape index (κ3) is 15.2. The van der Waals surface area contributed by atoms with Gasteiger partial charge in [-0.25, -0.2) is 4.57 Å². The van der Waals surface area contributed by atoms with Gasteiger partial charge in [0.1, 0.15) is 24.1 Å². The lowest BCUT2D eigenvalue weighted by molar-refractivity contribution is -0.873. The molecule has 3 N–H and O–H groups in total. The minimum Gasteiger partial charge on any atom is -0.870 e. The van der Waals surface area contributed by atoms with Gasteiger partial charge in [0.2, 0.25) is 0 Å². The fraction of sp³-hybridized carbons (Fsp3) is 0.667. The lowest BCUT2D eigenvalue weighted by atomic mass is 10.2. The van der Waals surface area contributed by atoms with E-state index in [1.54, 1.807) is 12.1 Å². The summed E-state index contributed by atoms with van der Waals surface area (Å²) in [5.41, 5.74) is 0. The zero-order valence-corrected chi connectivity index (χ0v) is 20.3. The van der Waals surface area contributed by atoms with E-state index in [2.05, 4.69) is 6.92 Å². The van der Waals surface area contributed by atoms with Crippen LogP contribution in [0.25, 0.3) is 0 Å². The molecule has 11 heteroatoms. The zero-order valence-electron chi connectivity index (χ0n) is 19.4. The van der Waals surface area contributed by atoms with Crippen molar-refractivity contribution in [2.24, 2.45) is 0 Å². The van der Waals surface area contributed by atoms with Crippen molar-refractivity contribution in [3.05, 3.63) is 24.3 Å². The summed E-state index contributed by atoms with van der Waals surface area (Å²) in [6.07, 6.45) is 2.30. The molecule has 1 unspecified atom stereocenters. The van der Waals surface area contributed by atoms with Crippen LogP contribution in [0.2, 0.25) is 0 Å². The van der Waals surface area contributed by atoms with E-state index in [0.29, 0.717) is 23.3 Å². The summed E-state index contributed by atoms with van der Waals surface area (Å²) in [5, 5.41) is 9.00. The smallest absolute Gasteiger partial charge is 0.472 e. The molecule has 0 aliphatic rings. The summed E-state index contributed by atoms with van der Waals surface area (Å²) in [4.78, 5) is 20.9. The number of carboxylic acids is 1. The van der Waals surface area contributed by atoms with E-state index in [1.165, 1.54) is 0 Å². The lowest BCUT2D eigenvalue weighted by Gasteiger charge is -2.29. The summed E-state index contributed by atoms with van der Waals surface area (Å²) in [5.74, 6) is 0.268. The average molecular weight is 480 g/mol. The van der Waals surface area contributed by atoms with Crippen LogP contribution in [-0.2, 0) is 18.4 Å². The maximum absolute atomic E-state index is 12.2. The number of carboxylic acid groups (broad SMARTS) is 1. The SMILES string of the molecule is CCCCCOc1cccc(OCCCOP(=O)(O)O[C@H](CC(=O)O)C[N+](C)(C)C)c1.[OH-]. The van der Waals surface area contributed by atoms with E-state index < -0.39 is 19.9 Å². The van der Waals surface area contributed by atoms with Crippen LogP contribution in [-0.4, -0.2) is 79.5 Å². The summed E-state index contributed by atoms with van der Waals surface area (Å²) in [6.45, 7) is 3.26. The Bertz CT molecular complexity index is 709. The van der Waals surface area contributed by atoms with Crippen molar-refractivity contribution >= 4 is 13.8 Å². The Hall–Kier alpha value is -1.68. The second-order valence-electron chi connectivity index (χ2n) is 8.33. The Morgan fingerprint density at radius 3 is 2.19 bits per heavy atom. The highest BCUT2D eigenvalue weighted by Gasteiger charge is 2.31. The highest BCUT2D eigenvalue weighted by atomic mass is 31.2. The van der Waals surface area contributed by atoms with Crippen LogP contribution < -0.4 is 9.47 Å². The fourth-order valence-corrected chi connectivity index (χ4v) is 3.72. The van der Waals surface area contributed by atoms with E-state index in [0.717, 1.165) is 25.0 Å². The van der Waals surface area contributed by atoms with E-state index in [-0.39, 0.29) is 31.7 Å². The molecule has 0 saturated heterocycles. The number of likely N-dealkylation sites (N-methyl/N-ethyl adjacent to an activating group) is 1. The molecule has 10 nitrogen and oxygen atoms in total. The number of phosphoric acid groups is 1. The summed E-state index contributed by atoms with van der Waals surface area (Å²) in [7, 11) is 1.13. The van der Waals surface area contributed by atoms with Gasteiger partial charge in [0.15, 0.2) is 0 Å². The highest BCUT2D eigenvalue weighted by Crippen LogP contribution is 2.45. The van der Waals surface area contributed by atoms with Gasteiger partial charge in [0.05, 0.1) is 47.4 Å². The number of rotatable bonds is 17. The monoisotopic (exact) mass is 479 g/mol. The molecule has 0 spiro atoms. The molecular weight excluding hydrogens is 441 g/mol. The molecule has 32 heavy (non-hydrogen) atoms. The number of hydrogen-bond donors (Lipinski definition) is 2. The number of hydrogen-bond acceptors (Lipinski definition) is 7. The summed E-state index contributed by atoms with van der Waals surface area (Å²) >= 11 is 0. The van der Waals surface area contributed by atoms with Crippen LogP contribution in [0.3, 0.4) is 0 Å². The first-order chi connectivity index (χ1) is 14.5. The first-order valence-corrected chi connectivity index (χ1v) is 12.0. The number of carbonyl (C=O) groups is 1. The number of aliphatic carboxylic acids is 1. The maximum atomic E-state index is 12.2. The molecule has 186 valence electrons. The average Bonchev–Trinajstić information content (AvgIpc) is 2.63. The van der Waals surface area contributed by atoms with Crippen LogP contribution in [0, 0.1) is 0 Å². The number of nitrogens with zero attached hydrogens (tertiary/aromatic N) is 1. The van der Waals surface area contributed by atoms with Gasteiger partial charge >= 0.3 is 13.8 Å². The molecular formula is C21H38NO9P. The molecule has 0 heterocycles. The quantitative estimate of drug-likeness (QED) is 0.195. The predicted octanol–water partition coefficient (Wildman–Crippen LogP) is 3.53. The Kier molecular flexibility index (Phi) is 14.4. The van der Waals surface area contributed by atoms with Crippen molar-refractivity contribution in [3.8, 4) is 11.5 Å². The topological polar surface area (TPSA) is 142 Å². The highest BCUT2D eigenvalue weighted by molar-refractivity contribution is 7.47. The largest absolute Gasteiger partial charge is 0.870 e. The second-order valence-corrected chi connectivity index (χ2v) is 9.74. The van der Waals surface area contributed by atoms with Crippen LogP contribution in [0.15, 0.2) is 24.3 Å². The van der Waals surface area contributed by atoms with Gasteiger partial charge in [0.25, 0.3) is 0 Å². The van der Waals surface area contributed by atoms with Crippen molar-refractivity contribution in [2.45, 2.75) is 45.1 Å². The molecule has 0 aromatic heterocycles. The second kappa shape index (κ2) is 15.2. The van der Waals surface area contributed by atoms with Crippen molar-refractivity contribution in [1.82, 2.24) is 0 Å². The summed E-state index contributed by atoms with van der Waals surface area (Å²) < 4.78 is 33.9. The van der Waals surface area contributed by atoms with Gasteiger partial charge in [-0.15, -0.1) is 0 Å². The van der Waals surface area contributed by atoms with Crippen molar-refractivity contribution in [3.63, 3.8) is 0 Å². The number of benzene rings is 1. The molecule has 2 atom stereocenters. The van der Waals surface area contributed by atoms with E-state index in [1.807, 2.05) is 33.3 Å². The Balaban J connectivity index is 0.00000961. The molecule has 0 saturated carbocycles. The molecule has 0 bridgehead atoms. The third-order valence-corrected chi connectivity index (χ3v) is 5.14. The van der Waals surface area contributed by atoms with Gasteiger partial charge in [-0.2, -0.15) is 0 Å². The molecule has 1 aromatic rings. The normalized spacial score (nSPS) is 14.2. The number of unbranched alkanes of at least 4 members (excludes halogenated alkanes) is 2. The molecule has 0 radical (unpaired) electrons. The maximum Gasteiger partial charge on any atom is 0.472 e. The molecule has 1 rings (SSSR count). The Morgan fingerprint density at radius 1 is 1.06 bits per heavy atom. The van der Waals surface area contributed by atoms with Crippen molar-refractivity contribution in [1.29, 1.82) is 0 Å². The van der Waals surface area contributed by atoms with Gasteiger partial charge in [-0.05, 0) is 18.6 Å². The number of quaternary nitrogens is 1. The Morgan fingerprint density at radius 2 is 1.66 bits per heavy atom. The van der Waals surface area contributed by atoms with Gasteiger partial charge in [-0.3, -0.25) is 13.8 Å². The van der Waals surface area contributed by atoms with Crippen molar-refractivity contribution < 1.29 is 47.8 Å². The predicted molar refractivity (Wildman–Crippen MR) is 119 cm³/mol. The first kappa shape index (κ1) is 30.3. The summed E-state index contributed by atoms with van der Waals surface area (Å²) in [6, 6.07) is 7.31. The number of phosphoric ester groups is 1. The molecule has 0 aliphatic heterocycles. The van der Waals surface area contributed by atoms with E-state index >= 15 is 0 Å². The van der Waals surface area contributed by atoms with Gasteiger partial charge < -0.3 is 29.4 Å². The molecule has 0 aliphatic carbocycles. The van der Waals surface area contributed by atoms with Crippen LogP contribution in [0.1, 0.15) is 39.0 Å². The van der Waals surface area contributed by atoms with Crippen LogP contribution in [0.4, 0.5) is 0 Å². The minimum atomic E-state index is -4.38. The van der Waals surface area contributed by atoms with E-state index in [4.69, 9.17) is 23.6 Å². The van der Waals surface area contributed by atoms with Crippen LogP contribution >= 0.6 is 7.82 Å². The lowest BCUT2D eigenvalue weighted by Crippen LogP contribution is -2.42. The first-order valence-electron chi connectivity index (χ1n) is 10.5.